The summed E-state index contributed by atoms with van der Waals surface area (Å²) in [5.74, 6) is 0.223. The van der Waals surface area contributed by atoms with Gasteiger partial charge in [0.1, 0.15) is 0 Å². The Hall–Kier alpha value is -1.88. The SMILES string of the molecule is Cc1ncsc1CNc1cccc(N2CCCC2=O)c1. The summed E-state index contributed by atoms with van der Waals surface area (Å²) < 4.78 is 0. The summed E-state index contributed by atoms with van der Waals surface area (Å²) in [5.41, 5.74) is 4.97. The summed E-state index contributed by atoms with van der Waals surface area (Å²) in [4.78, 5) is 19.1. The third-order valence-electron chi connectivity index (χ3n) is 3.53. The molecule has 3 rings (SSSR count). The molecule has 5 heteroatoms. The van der Waals surface area contributed by atoms with Crippen LogP contribution < -0.4 is 10.2 Å². The van der Waals surface area contributed by atoms with Gasteiger partial charge in [0.25, 0.3) is 0 Å². The molecule has 1 aliphatic heterocycles. The Morgan fingerprint density at radius 2 is 2.35 bits per heavy atom. The molecule has 0 unspecified atom stereocenters. The predicted molar refractivity (Wildman–Crippen MR) is 82.2 cm³/mol. The fourth-order valence-electron chi connectivity index (χ4n) is 2.38. The molecule has 1 amide bonds. The Kier molecular flexibility index (Phi) is 3.69. The fourth-order valence-corrected chi connectivity index (χ4v) is 3.10. The highest BCUT2D eigenvalue weighted by Crippen LogP contribution is 2.25. The molecule has 20 heavy (non-hydrogen) atoms. The van der Waals surface area contributed by atoms with E-state index in [0.717, 1.165) is 36.6 Å². The molecule has 1 N–H and O–H groups in total. The first-order valence-corrected chi connectivity index (χ1v) is 7.65. The second kappa shape index (κ2) is 5.63. The monoisotopic (exact) mass is 287 g/mol. The van der Waals surface area contributed by atoms with Crippen LogP contribution in [0.2, 0.25) is 0 Å². The second-order valence-corrected chi connectivity index (χ2v) is 5.85. The third kappa shape index (κ3) is 2.67. The van der Waals surface area contributed by atoms with E-state index < -0.39 is 0 Å². The van der Waals surface area contributed by atoms with Crippen molar-refractivity contribution in [1.82, 2.24) is 4.98 Å². The quantitative estimate of drug-likeness (QED) is 0.939. The predicted octanol–water partition coefficient (Wildman–Crippen LogP) is 3.19. The zero-order valence-electron chi connectivity index (χ0n) is 11.4. The number of rotatable bonds is 4. The van der Waals surface area contributed by atoms with Gasteiger partial charge in [-0.25, -0.2) is 4.98 Å². The van der Waals surface area contributed by atoms with Crippen molar-refractivity contribution in [3.8, 4) is 0 Å². The Labute approximate surface area is 122 Å². The lowest BCUT2D eigenvalue weighted by Crippen LogP contribution is -2.23. The third-order valence-corrected chi connectivity index (χ3v) is 4.46. The van der Waals surface area contributed by atoms with E-state index in [1.807, 2.05) is 41.6 Å². The Balaban J connectivity index is 1.71. The molecule has 0 saturated carbocycles. The van der Waals surface area contributed by atoms with Gasteiger partial charge in [-0.2, -0.15) is 0 Å². The highest BCUT2D eigenvalue weighted by Gasteiger charge is 2.21. The highest BCUT2D eigenvalue weighted by molar-refractivity contribution is 7.09. The number of carbonyl (C=O) groups excluding carboxylic acids is 1. The van der Waals surface area contributed by atoms with E-state index in [2.05, 4.69) is 10.3 Å². The van der Waals surface area contributed by atoms with Crippen LogP contribution in [-0.4, -0.2) is 17.4 Å². The first-order valence-electron chi connectivity index (χ1n) is 6.77. The van der Waals surface area contributed by atoms with Crippen LogP contribution in [0.5, 0.6) is 0 Å². The van der Waals surface area contributed by atoms with Gasteiger partial charge in [-0.3, -0.25) is 4.79 Å². The molecule has 1 aromatic carbocycles. The van der Waals surface area contributed by atoms with Crippen molar-refractivity contribution in [2.24, 2.45) is 0 Å². The number of hydrogen-bond donors (Lipinski definition) is 1. The van der Waals surface area contributed by atoms with Gasteiger partial charge < -0.3 is 10.2 Å². The molecular formula is C15H17N3OS. The van der Waals surface area contributed by atoms with E-state index >= 15 is 0 Å². The van der Waals surface area contributed by atoms with Gasteiger partial charge in [0.05, 0.1) is 17.7 Å². The minimum atomic E-state index is 0.223. The molecule has 104 valence electrons. The average Bonchev–Trinajstić information content (AvgIpc) is 3.05. The van der Waals surface area contributed by atoms with E-state index in [9.17, 15) is 4.79 Å². The average molecular weight is 287 g/mol. The van der Waals surface area contributed by atoms with E-state index in [0.29, 0.717) is 6.42 Å². The summed E-state index contributed by atoms with van der Waals surface area (Å²) in [5, 5.41) is 3.40. The van der Waals surface area contributed by atoms with Crippen LogP contribution in [0.15, 0.2) is 29.8 Å². The number of aromatic nitrogens is 1. The van der Waals surface area contributed by atoms with E-state index in [4.69, 9.17) is 0 Å². The van der Waals surface area contributed by atoms with E-state index in [1.54, 1.807) is 11.3 Å². The lowest BCUT2D eigenvalue weighted by atomic mass is 10.2. The van der Waals surface area contributed by atoms with E-state index in [1.165, 1.54) is 4.88 Å². The number of benzene rings is 1. The molecule has 1 saturated heterocycles. The first-order chi connectivity index (χ1) is 9.74. The fraction of sp³-hybridized carbons (Fsp3) is 0.333. The molecular weight excluding hydrogens is 270 g/mol. The van der Waals surface area contributed by atoms with Crippen LogP contribution in [-0.2, 0) is 11.3 Å². The number of thiazole rings is 1. The van der Waals surface area contributed by atoms with Gasteiger partial charge >= 0.3 is 0 Å². The van der Waals surface area contributed by atoms with Gasteiger partial charge in [-0.1, -0.05) is 6.07 Å². The number of anilines is 2. The molecule has 2 heterocycles. The summed E-state index contributed by atoms with van der Waals surface area (Å²) in [6.07, 6.45) is 1.62. The standard InChI is InChI=1S/C15H17N3OS/c1-11-14(20-10-17-11)9-16-12-4-2-5-13(8-12)18-7-3-6-15(18)19/h2,4-5,8,10,16H,3,6-7,9H2,1H3. The van der Waals surface area contributed by atoms with Crippen molar-refractivity contribution in [1.29, 1.82) is 0 Å². The molecule has 0 bridgehead atoms. The molecule has 1 aromatic heterocycles. The minimum absolute atomic E-state index is 0.223. The van der Waals surface area contributed by atoms with Gasteiger partial charge in [-0.15, -0.1) is 11.3 Å². The summed E-state index contributed by atoms with van der Waals surface area (Å²) in [6.45, 7) is 3.62. The Morgan fingerprint density at radius 1 is 1.45 bits per heavy atom. The van der Waals surface area contributed by atoms with Gasteiger partial charge in [0.2, 0.25) is 5.91 Å². The molecule has 0 atom stereocenters. The van der Waals surface area contributed by atoms with Crippen molar-refractivity contribution in [3.05, 3.63) is 40.3 Å². The van der Waals surface area contributed by atoms with Crippen LogP contribution in [0, 0.1) is 6.92 Å². The van der Waals surface area contributed by atoms with Gasteiger partial charge in [0.15, 0.2) is 0 Å². The number of nitrogens with one attached hydrogen (secondary N) is 1. The van der Waals surface area contributed by atoms with Gasteiger partial charge in [0, 0.05) is 29.2 Å². The molecule has 1 aliphatic rings. The minimum Gasteiger partial charge on any atom is -0.380 e. The summed E-state index contributed by atoms with van der Waals surface area (Å²) in [6, 6.07) is 8.05. The Bertz CT molecular complexity index is 623. The largest absolute Gasteiger partial charge is 0.380 e. The van der Waals surface area contributed by atoms with Crippen molar-refractivity contribution in [3.63, 3.8) is 0 Å². The first kappa shape index (κ1) is 13.1. The second-order valence-electron chi connectivity index (χ2n) is 4.91. The maximum Gasteiger partial charge on any atom is 0.227 e. The lowest BCUT2D eigenvalue weighted by molar-refractivity contribution is -0.117. The number of carbonyl (C=O) groups is 1. The molecule has 1 fully saturated rings. The number of amides is 1. The lowest BCUT2D eigenvalue weighted by Gasteiger charge is -2.17. The van der Waals surface area contributed by atoms with Gasteiger partial charge in [-0.05, 0) is 31.5 Å². The van der Waals surface area contributed by atoms with Crippen LogP contribution in [0.1, 0.15) is 23.4 Å². The van der Waals surface area contributed by atoms with Crippen LogP contribution in [0.3, 0.4) is 0 Å². The zero-order valence-corrected chi connectivity index (χ0v) is 12.2. The molecule has 2 aromatic rings. The van der Waals surface area contributed by atoms with Crippen molar-refractivity contribution in [2.45, 2.75) is 26.3 Å². The Morgan fingerprint density at radius 3 is 3.05 bits per heavy atom. The van der Waals surface area contributed by atoms with E-state index in [-0.39, 0.29) is 5.91 Å². The smallest absolute Gasteiger partial charge is 0.227 e. The van der Waals surface area contributed by atoms with Crippen molar-refractivity contribution < 1.29 is 4.79 Å². The van der Waals surface area contributed by atoms with Crippen molar-refractivity contribution in [2.75, 3.05) is 16.8 Å². The van der Waals surface area contributed by atoms with Crippen LogP contribution in [0.4, 0.5) is 11.4 Å². The summed E-state index contributed by atoms with van der Waals surface area (Å²) >= 11 is 1.66. The topological polar surface area (TPSA) is 45.2 Å². The number of nitrogens with zero attached hydrogens (tertiary/aromatic N) is 2. The van der Waals surface area contributed by atoms with Crippen LogP contribution in [0.25, 0.3) is 0 Å². The van der Waals surface area contributed by atoms with Crippen LogP contribution >= 0.6 is 11.3 Å². The van der Waals surface area contributed by atoms with Crippen molar-refractivity contribution >= 4 is 28.6 Å². The highest BCUT2D eigenvalue weighted by atomic mass is 32.1. The number of aryl methyl sites for hydroxylation is 1. The maximum atomic E-state index is 11.8. The molecule has 0 radical (unpaired) electrons. The maximum absolute atomic E-state index is 11.8. The molecule has 0 spiro atoms. The summed E-state index contributed by atoms with van der Waals surface area (Å²) in [7, 11) is 0. The number of hydrogen-bond acceptors (Lipinski definition) is 4. The zero-order chi connectivity index (χ0) is 13.9. The normalized spacial score (nSPS) is 14.8. The molecule has 0 aliphatic carbocycles. The molecule has 4 nitrogen and oxygen atoms in total.